The van der Waals surface area contributed by atoms with Gasteiger partial charge in [-0.3, -0.25) is 9.78 Å². The lowest BCUT2D eigenvalue weighted by Crippen LogP contribution is -2.20. The SMILES string of the molecule is Cc1ccc(C2CC(=O)c3cc(F)ccc3O2)cn1. The zero-order chi connectivity index (χ0) is 13.4. The van der Waals surface area contributed by atoms with Crippen LogP contribution in [-0.2, 0) is 0 Å². The summed E-state index contributed by atoms with van der Waals surface area (Å²) in [7, 11) is 0. The van der Waals surface area contributed by atoms with Crippen LogP contribution in [0, 0.1) is 12.7 Å². The highest BCUT2D eigenvalue weighted by molar-refractivity contribution is 6.00. The van der Waals surface area contributed by atoms with Crippen molar-refractivity contribution in [3.05, 3.63) is 59.2 Å². The van der Waals surface area contributed by atoms with E-state index in [-0.39, 0.29) is 18.3 Å². The van der Waals surface area contributed by atoms with Crippen molar-refractivity contribution in [1.82, 2.24) is 4.98 Å². The number of nitrogens with zero attached hydrogens (tertiary/aromatic N) is 1. The monoisotopic (exact) mass is 257 g/mol. The van der Waals surface area contributed by atoms with Crippen molar-refractivity contribution in [3.63, 3.8) is 0 Å². The van der Waals surface area contributed by atoms with Gasteiger partial charge in [0.05, 0.1) is 12.0 Å². The van der Waals surface area contributed by atoms with E-state index < -0.39 is 5.82 Å². The molecule has 4 heteroatoms. The molecule has 0 saturated carbocycles. The first-order valence-corrected chi connectivity index (χ1v) is 6.05. The fourth-order valence-electron chi connectivity index (χ4n) is 2.15. The Hall–Kier alpha value is -2.23. The lowest BCUT2D eigenvalue weighted by molar-refractivity contribution is 0.0848. The Morgan fingerprint density at radius 1 is 1.32 bits per heavy atom. The van der Waals surface area contributed by atoms with E-state index in [9.17, 15) is 9.18 Å². The van der Waals surface area contributed by atoms with Crippen LogP contribution in [0.4, 0.5) is 4.39 Å². The quantitative estimate of drug-likeness (QED) is 0.787. The molecule has 0 saturated heterocycles. The summed E-state index contributed by atoms with van der Waals surface area (Å²) >= 11 is 0. The first kappa shape index (κ1) is 11.8. The van der Waals surface area contributed by atoms with Gasteiger partial charge in [-0.25, -0.2) is 4.39 Å². The standard InChI is InChI=1S/C15H12FNO2/c1-9-2-3-10(8-17-9)15-7-13(18)12-6-11(16)4-5-14(12)19-15/h2-6,8,15H,7H2,1H3. The second-order valence-corrected chi connectivity index (χ2v) is 4.61. The molecule has 0 amide bonds. The highest BCUT2D eigenvalue weighted by Gasteiger charge is 2.28. The fraction of sp³-hybridized carbons (Fsp3) is 0.200. The number of hydrogen-bond donors (Lipinski definition) is 0. The predicted molar refractivity (Wildman–Crippen MR) is 67.7 cm³/mol. The number of carbonyl (C=O) groups excluding carboxylic acids is 1. The minimum atomic E-state index is -0.425. The van der Waals surface area contributed by atoms with E-state index in [1.165, 1.54) is 18.2 Å². The number of aryl methyl sites for hydroxylation is 1. The summed E-state index contributed by atoms with van der Waals surface area (Å²) in [5.74, 6) is -0.0966. The van der Waals surface area contributed by atoms with Crippen LogP contribution in [0.1, 0.15) is 34.1 Å². The summed E-state index contributed by atoms with van der Waals surface area (Å²) in [5.41, 5.74) is 2.08. The van der Waals surface area contributed by atoms with Gasteiger partial charge >= 0.3 is 0 Å². The van der Waals surface area contributed by atoms with Crippen LogP contribution in [0.25, 0.3) is 0 Å². The predicted octanol–water partition coefficient (Wildman–Crippen LogP) is 3.24. The fourth-order valence-corrected chi connectivity index (χ4v) is 2.15. The second-order valence-electron chi connectivity index (χ2n) is 4.61. The minimum absolute atomic E-state index is 0.105. The molecule has 0 fully saturated rings. The average Bonchev–Trinajstić information content (AvgIpc) is 2.40. The number of aromatic nitrogens is 1. The van der Waals surface area contributed by atoms with E-state index in [0.29, 0.717) is 11.3 Å². The normalized spacial score (nSPS) is 17.8. The molecule has 2 aromatic rings. The molecule has 3 nitrogen and oxygen atoms in total. The minimum Gasteiger partial charge on any atom is -0.484 e. The second kappa shape index (κ2) is 4.46. The summed E-state index contributed by atoms with van der Waals surface area (Å²) in [6.07, 6.45) is 1.57. The molecule has 2 heterocycles. The smallest absolute Gasteiger partial charge is 0.170 e. The van der Waals surface area contributed by atoms with Gasteiger partial charge in [0, 0.05) is 17.5 Å². The summed E-state index contributed by atoms with van der Waals surface area (Å²) in [6.45, 7) is 1.90. The Balaban J connectivity index is 1.95. The third kappa shape index (κ3) is 2.21. The Labute approximate surface area is 110 Å². The van der Waals surface area contributed by atoms with Gasteiger partial charge in [-0.2, -0.15) is 0 Å². The maximum Gasteiger partial charge on any atom is 0.170 e. The molecule has 96 valence electrons. The summed E-state index contributed by atoms with van der Waals surface area (Å²) in [5, 5.41) is 0. The molecule has 1 aliphatic rings. The van der Waals surface area contributed by atoms with E-state index in [0.717, 1.165) is 11.3 Å². The number of hydrogen-bond acceptors (Lipinski definition) is 3. The van der Waals surface area contributed by atoms with Crippen LogP contribution in [0.5, 0.6) is 5.75 Å². The van der Waals surface area contributed by atoms with Gasteiger partial charge < -0.3 is 4.74 Å². The van der Waals surface area contributed by atoms with E-state index in [2.05, 4.69) is 4.98 Å². The lowest BCUT2D eigenvalue weighted by atomic mass is 9.97. The van der Waals surface area contributed by atoms with Gasteiger partial charge in [0.15, 0.2) is 5.78 Å². The highest BCUT2D eigenvalue weighted by atomic mass is 19.1. The number of fused-ring (bicyclic) bond motifs is 1. The Bertz CT molecular complexity index is 637. The third-order valence-corrected chi connectivity index (χ3v) is 3.19. The van der Waals surface area contributed by atoms with Gasteiger partial charge in [-0.1, -0.05) is 6.07 Å². The first-order chi connectivity index (χ1) is 9.13. The van der Waals surface area contributed by atoms with Crippen LogP contribution >= 0.6 is 0 Å². The Kier molecular flexibility index (Phi) is 2.78. The Morgan fingerprint density at radius 3 is 2.89 bits per heavy atom. The number of benzene rings is 1. The molecule has 0 N–H and O–H groups in total. The van der Waals surface area contributed by atoms with Crippen molar-refractivity contribution in [1.29, 1.82) is 0 Å². The number of ketones is 1. The molecular formula is C15H12FNO2. The number of halogens is 1. The number of pyridine rings is 1. The molecule has 1 aromatic heterocycles. The highest BCUT2D eigenvalue weighted by Crippen LogP contribution is 2.34. The van der Waals surface area contributed by atoms with Crippen molar-refractivity contribution in [2.45, 2.75) is 19.4 Å². The van der Waals surface area contributed by atoms with Crippen molar-refractivity contribution in [2.24, 2.45) is 0 Å². The molecule has 1 unspecified atom stereocenters. The molecule has 19 heavy (non-hydrogen) atoms. The number of carbonyl (C=O) groups is 1. The van der Waals surface area contributed by atoms with E-state index in [1.54, 1.807) is 6.20 Å². The van der Waals surface area contributed by atoms with Crippen molar-refractivity contribution < 1.29 is 13.9 Å². The molecular weight excluding hydrogens is 245 g/mol. The number of rotatable bonds is 1. The van der Waals surface area contributed by atoms with Crippen LogP contribution in [0.15, 0.2) is 36.5 Å². The molecule has 1 aliphatic heterocycles. The average molecular weight is 257 g/mol. The van der Waals surface area contributed by atoms with Crippen molar-refractivity contribution >= 4 is 5.78 Å². The molecule has 3 rings (SSSR count). The molecule has 0 bridgehead atoms. The van der Waals surface area contributed by atoms with Gasteiger partial charge in [-0.15, -0.1) is 0 Å². The van der Waals surface area contributed by atoms with Crippen LogP contribution in [0.2, 0.25) is 0 Å². The third-order valence-electron chi connectivity index (χ3n) is 3.19. The maximum absolute atomic E-state index is 13.1. The van der Waals surface area contributed by atoms with Gasteiger partial charge in [0.1, 0.15) is 17.7 Å². The first-order valence-electron chi connectivity index (χ1n) is 6.05. The number of ether oxygens (including phenoxy) is 1. The number of Topliss-reactive ketones (excluding diaryl/α,β-unsaturated/α-hetero) is 1. The zero-order valence-corrected chi connectivity index (χ0v) is 10.4. The van der Waals surface area contributed by atoms with E-state index in [4.69, 9.17) is 4.74 Å². The summed E-state index contributed by atoms with van der Waals surface area (Å²) in [4.78, 5) is 16.2. The van der Waals surface area contributed by atoms with Crippen molar-refractivity contribution in [3.8, 4) is 5.75 Å². The summed E-state index contributed by atoms with van der Waals surface area (Å²) < 4.78 is 18.9. The largest absolute Gasteiger partial charge is 0.484 e. The van der Waals surface area contributed by atoms with Crippen molar-refractivity contribution in [2.75, 3.05) is 0 Å². The topological polar surface area (TPSA) is 39.2 Å². The molecule has 1 aromatic carbocycles. The van der Waals surface area contributed by atoms with Crippen LogP contribution in [-0.4, -0.2) is 10.8 Å². The van der Waals surface area contributed by atoms with Gasteiger partial charge in [0.2, 0.25) is 0 Å². The van der Waals surface area contributed by atoms with Gasteiger partial charge in [-0.05, 0) is 31.2 Å². The van der Waals surface area contributed by atoms with E-state index in [1.807, 2.05) is 19.1 Å². The Morgan fingerprint density at radius 2 is 2.16 bits per heavy atom. The van der Waals surface area contributed by atoms with Gasteiger partial charge in [0.25, 0.3) is 0 Å². The lowest BCUT2D eigenvalue weighted by Gasteiger charge is -2.25. The van der Waals surface area contributed by atoms with Crippen LogP contribution < -0.4 is 4.74 Å². The van der Waals surface area contributed by atoms with E-state index >= 15 is 0 Å². The molecule has 0 aliphatic carbocycles. The molecule has 1 atom stereocenters. The maximum atomic E-state index is 13.1. The summed E-state index contributed by atoms with van der Waals surface area (Å²) in [6, 6.07) is 7.79. The molecule has 0 radical (unpaired) electrons. The molecule has 0 spiro atoms. The van der Waals surface area contributed by atoms with Crippen LogP contribution in [0.3, 0.4) is 0 Å². The zero-order valence-electron chi connectivity index (χ0n) is 10.4.